The predicted molar refractivity (Wildman–Crippen MR) is 32.6 cm³/mol. The molecule has 0 aliphatic rings. The lowest BCUT2D eigenvalue weighted by Crippen LogP contribution is -2.00. The van der Waals surface area contributed by atoms with E-state index in [0.717, 1.165) is 0 Å². The summed E-state index contributed by atoms with van der Waals surface area (Å²) in [6.07, 6.45) is 1.71. The van der Waals surface area contributed by atoms with Gasteiger partial charge in [-0.25, -0.2) is 4.79 Å². The Hall–Kier alpha value is -0.790. The van der Waals surface area contributed by atoms with Gasteiger partial charge in [0, 0.05) is 5.57 Å². The minimum Gasteiger partial charge on any atom is -0.466 e. The molecule has 0 aromatic heterocycles. The lowest BCUT2D eigenvalue weighted by atomic mass is 10.3. The zero-order valence-electron chi connectivity index (χ0n) is 6.39. The van der Waals surface area contributed by atoms with E-state index in [1.54, 1.807) is 19.9 Å². The van der Waals surface area contributed by atoms with E-state index < -0.39 is 0 Å². The van der Waals surface area contributed by atoms with Crippen LogP contribution < -0.4 is 0 Å². The summed E-state index contributed by atoms with van der Waals surface area (Å²) in [5.41, 5.74) is 0.646. The highest BCUT2D eigenvalue weighted by atomic mass is 16.5. The third kappa shape index (κ3) is 1.78. The van der Waals surface area contributed by atoms with Crippen molar-refractivity contribution in [3.63, 3.8) is 0 Å². The van der Waals surface area contributed by atoms with Crippen molar-refractivity contribution in [2.75, 3.05) is 7.11 Å². The van der Waals surface area contributed by atoms with Crippen LogP contribution in [0.2, 0.25) is 0 Å². The Morgan fingerprint density at radius 3 is 2.38 bits per heavy atom. The van der Waals surface area contributed by atoms with Crippen molar-refractivity contribution in [1.82, 2.24) is 0 Å². The SMILES string of the molecule is CC=C(C)C(=O)OC.[H+]. The van der Waals surface area contributed by atoms with Crippen LogP contribution in [0.4, 0.5) is 0 Å². The fourth-order valence-electron chi connectivity index (χ4n) is 0.279. The first-order valence-electron chi connectivity index (χ1n) is 2.43. The van der Waals surface area contributed by atoms with Gasteiger partial charge in [-0.05, 0) is 13.8 Å². The summed E-state index contributed by atoms with van der Waals surface area (Å²) in [4.78, 5) is 10.5. The number of methoxy groups -OCH3 is 1. The van der Waals surface area contributed by atoms with E-state index in [2.05, 4.69) is 4.74 Å². The average Bonchev–Trinajstić information content (AvgIpc) is 1.84. The van der Waals surface area contributed by atoms with E-state index in [4.69, 9.17) is 0 Å². The van der Waals surface area contributed by atoms with Crippen LogP contribution in [-0.4, -0.2) is 13.1 Å². The molecule has 0 aliphatic carbocycles. The molecule has 0 heterocycles. The highest BCUT2D eigenvalue weighted by Crippen LogP contribution is 1.92. The quantitative estimate of drug-likeness (QED) is 0.379. The number of allylic oxidation sites excluding steroid dienone is 1. The Morgan fingerprint density at radius 2 is 2.25 bits per heavy atom. The van der Waals surface area contributed by atoms with Crippen molar-refractivity contribution in [2.24, 2.45) is 0 Å². The molecular formula is C6H11O2+. The lowest BCUT2D eigenvalue weighted by Gasteiger charge is -1.93. The summed E-state index contributed by atoms with van der Waals surface area (Å²) in [5, 5.41) is 0. The van der Waals surface area contributed by atoms with Crippen molar-refractivity contribution in [3.05, 3.63) is 11.6 Å². The molecule has 46 valence electrons. The predicted octanol–water partition coefficient (Wildman–Crippen LogP) is 1.24. The van der Waals surface area contributed by atoms with Crippen LogP contribution in [-0.2, 0) is 9.53 Å². The molecule has 0 bridgehead atoms. The van der Waals surface area contributed by atoms with Gasteiger partial charge in [0.05, 0.1) is 7.11 Å². The number of carbonyl (C=O) groups is 1. The third-order valence-corrected chi connectivity index (χ3v) is 0.940. The van der Waals surface area contributed by atoms with E-state index in [0.29, 0.717) is 5.57 Å². The van der Waals surface area contributed by atoms with E-state index >= 15 is 0 Å². The molecule has 0 saturated heterocycles. The Balaban J connectivity index is 0. The molecule has 0 unspecified atom stereocenters. The molecule has 0 atom stereocenters. The number of hydrogen-bond donors (Lipinski definition) is 0. The van der Waals surface area contributed by atoms with E-state index in [1.165, 1.54) is 7.11 Å². The smallest absolute Gasteiger partial charge is 0.466 e. The molecule has 0 spiro atoms. The van der Waals surface area contributed by atoms with E-state index in [-0.39, 0.29) is 7.40 Å². The maximum atomic E-state index is 10.5. The molecular weight excluding hydrogens is 104 g/mol. The summed E-state index contributed by atoms with van der Waals surface area (Å²) in [6, 6.07) is 0. The molecule has 0 aromatic rings. The topological polar surface area (TPSA) is 26.3 Å². The minimum absolute atomic E-state index is 0. The maximum absolute atomic E-state index is 10.5. The Labute approximate surface area is 50.6 Å². The van der Waals surface area contributed by atoms with Crippen molar-refractivity contribution in [1.29, 1.82) is 0 Å². The van der Waals surface area contributed by atoms with Crippen molar-refractivity contribution in [3.8, 4) is 0 Å². The van der Waals surface area contributed by atoms with Gasteiger partial charge >= 0.3 is 7.40 Å². The van der Waals surface area contributed by atoms with Crippen LogP contribution in [0.5, 0.6) is 0 Å². The number of ether oxygens (including phenoxy) is 1. The molecule has 0 radical (unpaired) electrons. The number of hydrogen-bond acceptors (Lipinski definition) is 2. The Kier molecular flexibility index (Phi) is 2.92. The van der Waals surface area contributed by atoms with Crippen LogP contribution in [0, 0.1) is 0 Å². The van der Waals surface area contributed by atoms with Gasteiger partial charge in [0.1, 0.15) is 0 Å². The first-order valence-corrected chi connectivity index (χ1v) is 2.43. The summed E-state index contributed by atoms with van der Waals surface area (Å²) >= 11 is 0. The van der Waals surface area contributed by atoms with Crippen molar-refractivity contribution < 1.29 is 11.0 Å². The summed E-state index contributed by atoms with van der Waals surface area (Å²) in [6.45, 7) is 3.51. The van der Waals surface area contributed by atoms with Gasteiger partial charge in [0.2, 0.25) is 0 Å². The molecule has 8 heavy (non-hydrogen) atoms. The largest absolute Gasteiger partial charge is 1.00 e. The first-order chi connectivity index (χ1) is 3.72. The first kappa shape index (κ1) is 7.21. The molecule has 0 amide bonds. The second-order valence-electron chi connectivity index (χ2n) is 1.46. The van der Waals surface area contributed by atoms with Crippen molar-refractivity contribution >= 4 is 5.97 Å². The highest BCUT2D eigenvalue weighted by molar-refractivity contribution is 5.87. The van der Waals surface area contributed by atoms with Gasteiger partial charge in [-0.1, -0.05) is 6.08 Å². The minimum atomic E-state index is -0.257. The summed E-state index contributed by atoms with van der Waals surface area (Å²) in [7, 11) is 1.37. The maximum Gasteiger partial charge on any atom is 1.00 e. The standard InChI is InChI=1S/C6H10O2/c1-4-5(2)6(7)8-3/h4H,1-3H3/p+1. The van der Waals surface area contributed by atoms with Crippen LogP contribution >= 0.6 is 0 Å². The summed E-state index contributed by atoms with van der Waals surface area (Å²) < 4.78 is 4.40. The molecule has 0 N–H and O–H groups in total. The molecule has 0 aliphatic heterocycles. The molecule has 0 fully saturated rings. The lowest BCUT2D eigenvalue weighted by molar-refractivity contribution is -0.136. The Bertz CT molecular complexity index is 118. The number of esters is 1. The van der Waals surface area contributed by atoms with Crippen LogP contribution in [0.1, 0.15) is 15.3 Å². The number of rotatable bonds is 1. The van der Waals surface area contributed by atoms with E-state index in [9.17, 15) is 4.79 Å². The fraction of sp³-hybridized carbons (Fsp3) is 0.500. The molecule has 2 heteroatoms. The monoisotopic (exact) mass is 115 g/mol. The van der Waals surface area contributed by atoms with Gasteiger partial charge in [0.15, 0.2) is 0 Å². The zero-order chi connectivity index (χ0) is 6.57. The average molecular weight is 115 g/mol. The summed E-state index contributed by atoms with van der Waals surface area (Å²) in [5.74, 6) is -0.257. The van der Waals surface area contributed by atoms with E-state index in [1.807, 2.05) is 0 Å². The third-order valence-electron chi connectivity index (χ3n) is 0.940. The van der Waals surface area contributed by atoms with Crippen molar-refractivity contribution in [2.45, 2.75) is 13.8 Å². The normalized spacial score (nSPS) is 11.1. The van der Waals surface area contributed by atoms with Crippen LogP contribution in [0.15, 0.2) is 11.6 Å². The Morgan fingerprint density at radius 1 is 1.75 bits per heavy atom. The van der Waals surface area contributed by atoms with Gasteiger partial charge in [-0.15, -0.1) is 0 Å². The highest BCUT2D eigenvalue weighted by Gasteiger charge is 1.98. The van der Waals surface area contributed by atoms with Gasteiger partial charge < -0.3 is 4.74 Å². The molecule has 0 rings (SSSR count). The number of carbonyl (C=O) groups excluding carboxylic acids is 1. The molecule has 2 nitrogen and oxygen atoms in total. The second-order valence-corrected chi connectivity index (χ2v) is 1.46. The fourth-order valence-corrected chi connectivity index (χ4v) is 0.279. The molecule has 0 aromatic carbocycles. The second kappa shape index (κ2) is 3.24. The molecule has 0 saturated carbocycles. The zero-order valence-corrected chi connectivity index (χ0v) is 5.39. The van der Waals surface area contributed by atoms with Crippen LogP contribution in [0.3, 0.4) is 0 Å². The van der Waals surface area contributed by atoms with Gasteiger partial charge in [-0.3, -0.25) is 0 Å². The van der Waals surface area contributed by atoms with Crippen LogP contribution in [0.25, 0.3) is 0 Å². The van der Waals surface area contributed by atoms with Gasteiger partial charge in [-0.2, -0.15) is 0 Å². The van der Waals surface area contributed by atoms with Gasteiger partial charge in [0.25, 0.3) is 0 Å².